The van der Waals surface area contributed by atoms with Crippen molar-refractivity contribution in [3.63, 3.8) is 0 Å². The van der Waals surface area contributed by atoms with Crippen LogP contribution >= 0.6 is 0 Å². The minimum Gasteiger partial charge on any atom is -0.461 e. The third-order valence-corrected chi connectivity index (χ3v) is 1.88. The van der Waals surface area contributed by atoms with Crippen molar-refractivity contribution >= 4 is 11.9 Å². The molecule has 0 bridgehead atoms. The number of rotatable bonds is 7. The van der Waals surface area contributed by atoms with Crippen LogP contribution in [0.15, 0.2) is 31.0 Å². The highest BCUT2D eigenvalue weighted by atomic mass is 16.7. The molecule has 18 heavy (non-hydrogen) atoms. The number of hydrogen-bond donors (Lipinski definition) is 0. The van der Waals surface area contributed by atoms with E-state index in [0.717, 1.165) is 0 Å². The Morgan fingerprint density at radius 1 is 1.44 bits per heavy atom. The summed E-state index contributed by atoms with van der Waals surface area (Å²) >= 11 is 0. The van der Waals surface area contributed by atoms with E-state index in [1.165, 1.54) is 23.1 Å². The van der Waals surface area contributed by atoms with E-state index >= 15 is 0 Å². The molecule has 0 saturated heterocycles. The van der Waals surface area contributed by atoms with Gasteiger partial charge in [0.1, 0.15) is 6.61 Å². The first-order valence-electron chi connectivity index (χ1n) is 5.43. The molecular formula is C12H15NO5. The van der Waals surface area contributed by atoms with E-state index in [0.29, 0.717) is 0 Å². The maximum absolute atomic E-state index is 11.5. The number of aromatic nitrogens is 1. The van der Waals surface area contributed by atoms with Crippen LogP contribution in [0.2, 0.25) is 0 Å². The van der Waals surface area contributed by atoms with Crippen LogP contribution in [-0.4, -0.2) is 36.5 Å². The van der Waals surface area contributed by atoms with Gasteiger partial charge in [-0.2, -0.15) is 4.73 Å². The summed E-state index contributed by atoms with van der Waals surface area (Å²) in [5.74, 6) is -1.06. The van der Waals surface area contributed by atoms with Crippen LogP contribution in [-0.2, 0) is 14.3 Å². The second-order valence-electron chi connectivity index (χ2n) is 3.18. The molecule has 6 heteroatoms. The van der Waals surface area contributed by atoms with Gasteiger partial charge in [-0.15, -0.1) is 0 Å². The molecule has 0 atom stereocenters. The molecule has 1 heterocycles. The van der Waals surface area contributed by atoms with Crippen molar-refractivity contribution < 1.29 is 23.9 Å². The minimum absolute atomic E-state index is 0.124. The van der Waals surface area contributed by atoms with E-state index in [1.54, 1.807) is 13.0 Å². The van der Waals surface area contributed by atoms with Crippen molar-refractivity contribution in [1.29, 1.82) is 0 Å². The topological polar surface area (TPSA) is 66.8 Å². The molecule has 0 radical (unpaired) electrons. The SMILES string of the molecule is C=CCOC(=O)COn1cccc1C(=O)OCC. The highest BCUT2D eigenvalue weighted by Gasteiger charge is 2.13. The summed E-state index contributed by atoms with van der Waals surface area (Å²) in [7, 11) is 0. The summed E-state index contributed by atoms with van der Waals surface area (Å²) in [6.45, 7) is 5.22. The molecule has 0 aliphatic rings. The molecule has 6 nitrogen and oxygen atoms in total. The molecule has 0 aliphatic carbocycles. The van der Waals surface area contributed by atoms with Gasteiger partial charge < -0.3 is 14.3 Å². The van der Waals surface area contributed by atoms with Crippen LogP contribution in [0.5, 0.6) is 0 Å². The van der Waals surface area contributed by atoms with Crippen molar-refractivity contribution in [2.24, 2.45) is 0 Å². The Morgan fingerprint density at radius 3 is 2.89 bits per heavy atom. The fourth-order valence-corrected chi connectivity index (χ4v) is 1.16. The highest BCUT2D eigenvalue weighted by Crippen LogP contribution is 2.02. The molecule has 0 unspecified atom stereocenters. The molecule has 0 aromatic carbocycles. The molecule has 0 spiro atoms. The normalized spacial score (nSPS) is 9.61. The first-order valence-corrected chi connectivity index (χ1v) is 5.43. The van der Waals surface area contributed by atoms with Crippen molar-refractivity contribution in [2.45, 2.75) is 6.92 Å². The molecule has 0 aliphatic heterocycles. The monoisotopic (exact) mass is 253 g/mol. The first-order chi connectivity index (χ1) is 8.69. The van der Waals surface area contributed by atoms with Gasteiger partial charge in [-0.1, -0.05) is 12.7 Å². The third kappa shape index (κ3) is 3.97. The smallest absolute Gasteiger partial charge is 0.358 e. The largest absolute Gasteiger partial charge is 0.461 e. The van der Waals surface area contributed by atoms with E-state index < -0.39 is 11.9 Å². The van der Waals surface area contributed by atoms with Gasteiger partial charge in [-0.05, 0) is 19.1 Å². The Kier molecular flexibility index (Phi) is 5.50. The van der Waals surface area contributed by atoms with Crippen molar-refractivity contribution in [3.05, 3.63) is 36.7 Å². The lowest BCUT2D eigenvalue weighted by atomic mass is 10.4. The fraction of sp³-hybridized carbons (Fsp3) is 0.333. The lowest BCUT2D eigenvalue weighted by molar-refractivity contribution is -0.147. The second kappa shape index (κ2) is 7.16. The summed E-state index contributed by atoms with van der Waals surface area (Å²) < 4.78 is 10.7. The molecule has 0 N–H and O–H groups in total. The summed E-state index contributed by atoms with van der Waals surface area (Å²) in [5.41, 5.74) is 0.216. The second-order valence-corrected chi connectivity index (χ2v) is 3.18. The third-order valence-electron chi connectivity index (χ3n) is 1.88. The molecule has 0 saturated carbocycles. The molecule has 0 amide bonds. The quantitative estimate of drug-likeness (QED) is 0.531. The highest BCUT2D eigenvalue weighted by molar-refractivity contribution is 5.87. The van der Waals surface area contributed by atoms with Crippen molar-refractivity contribution in [3.8, 4) is 0 Å². The first kappa shape index (κ1) is 13.8. The minimum atomic E-state index is -0.543. The average Bonchev–Trinajstić information content (AvgIpc) is 2.82. The van der Waals surface area contributed by atoms with Crippen LogP contribution in [0.3, 0.4) is 0 Å². The number of hydrogen-bond acceptors (Lipinski definition) is 5. The van der Waals surface area contributed by atoms with Crippen LogP contribution in [0, 0.1) is 0 Å². The zero-order valence-electron chi connectivity index (χ0n) is 10.1. The summed E-state index contributed by atoms with van der Waals surface area (Å²) in [6, 6.07) is 3.15. The molecule has 1 rings (SSSR count). The van der Waals surface area contributed by atoms with Crippen LogP contribution in [0.25, 0.3) is 0 Å². The lowest BCUT2D eigenvalue weighted by Crippen LogP contribution is -2.24. The average molecular weight is 253 g/mol. The number of esters is 2. The molecule has 0 fully saturated rings. The number of ether oxygens (including phenoxy) is 2. The van der Waals surface area contributed by atoms with Gasteiger partial charge in [-0.25, -0.2) is 9.59 Å². The standard InChI is InChI=1S/C12H15NO5/c1-3-8-17-11(14)9-18-13-7-5-6-10(13)12(15)16-4-2/h3,5-7H,1,4,8-9H2,2H3. The van der Waals surface area contributed by atoms with E-state index in [2.05, 4.69) is 6.58 Å². The molecule has 1 aromatic rings. The van der Waals surface area contributed by atoms with Gasteiger partial charge >= 0.3 is 11.9 Å². The predicted octanol–water partition coefficient (Wildman–Crippen LogP) is 0.823. The summed E-state index contributed by atoms with van der Waals surface area (Å²) in [6.07, 6.45) is 2.96. The van der Waals surface area contributed by atoms with Gasteiger partial charge in [0.15, 0.2) is 5.69 Å². The van der Waals surface area contributed by atoms with E-state index in [1.807, 2.05) is 0 Å². The lowest BCUT2D eigenvalue weighted by Gasteiger charge is -2.09. The number of carbonyl (C=O) groups excluding carboxylic acids is 2. The zero-order chi connectivity index (χ0) is 13.4. The zero-order valence-corrected chi connectivity index (χ0v) is 10.1. The van der Waals surface area contributed by atoms with Crippen LogP contribution in [0.1, 0.15) is 17.4 Å². The Balaban J connectivity index is 2.52. The number of carbonyl (C=O) groups is 2. The molecular weight excluding hydrogens is 238 g/mol. The van der Waals surface area contributed by atoms with Crippen molar-refractivity contribution in [1.82, 2.24) is 4.73 Å². The van der Waals surface area contributed by atoms with Gasteiger partial charge in [0, 0.05) is 6.20 Å². The fourth-order valence-electron chi connectivity index (χ4n) is 1.16. The molecule has 1 aromatic heterocycles. The predicted molar refractivity (Wildman–Crippen MR) is 63.0 cm³/mol. The van der Waals surface area contributed by atoms with Gasteiger partial charge in [0.25, 0.3) is 0 Å². The van der Waals surface area contributed by atoms with E-state index in [4.69, 9.17) is 14.3 Å². The van der Waals surface area contributed by atoms with Crippen molar-refractivity contribution in [2.75, 3.05) is 19.8 Å². The molecule has 98 valence electrons. The maximum atomic E-state index is 11.5. The van der Waals surface area contributed by atoms with Crippen LogP contribution < -0.4 is 4.84 Å². The maximum Gasteiger partial charge on any atom is 0.358 e. The number of nitrogens with zero attached hydrogens (tertiary/aromatic N) is 1. The van der Waals surface area contributed by atoms with Gasteiger partial charge in [0.2, 0.25) is 6.61 Å². The van der Waals surface area contributed by atoms with Crippen LogP contribution in [0.4, 0.5) is 0 Å². The van der Waals surface area contributed by atoms with E-state index in [9.17, 15) is 9.59 Å². The van der Waals surface area contributed by atoms with Gasteiger partial charge in [0.05, 0.1) is 6.61 Å². The Hall–Kier alpha value is -2.24. The Labute approximate surface area is 105 Å². The Morgan fingerprint density at radius 2 is 2.22 bits per heavy atom. The summed E-state index contributed by atoms with van der Waals surface area (Å²) in [5, 5.41) is 0. The summed E-state index contributed by atoms with van der Waals surface area (Å²) in [4.78, 5) is 27.8. The van der Waals surface area contributed by atoms with Gasteiger partial charge in [-0.3, -0.25) is 0 Å². The Bertz CT molecular complexity index is 424. The van der Waals surface area contributed by atoms with E-state index in [-0.39, 0.29) is 25.5 Å².